The van der Waals surface area contributed by atoms with E-state index >= 15 is 0 Å². The Hall–Kier alpha value is 0.230. The summed E-state index contributed by atoms with van der Waals surface area (Å²) in [6.45, 7) is 17.6. The average Bonchev–Trinajstić information content (AvgIpc) is 2.81. The largest absolute Gasteiger partial charge is 0.359 e. The molecule has 1 aliphatic carbocycles. The highest BCUT2D eigenvalue weighted by atomic mass is 32.2. The van der Waals surface area contributed by atoms with Crippen LogP contribution in [0.15, 0.2) is 0 Å². The van der Waals surface area contributed by atoms with Gasteiger partial charge < -0.3 is 14.2 Å². The average molecular weight is 300 g/mol. The fraction of sp³-hybridized carbons (Fsp3) is 1.00. The topological polar surface area (TPSA) is 27.7 Å². The number of hydrogen-bond donors (Lipinski definition) is 0. The van der Waals surface area contributed by atoms with Crippen LogP contribution in [0.3, 0.4) is 0 Å². The molecule has 4 heteroatoms. The maximum atomic E-state index is 6.49. The Morgan fingerprint density at radius 1 is 0.700 bits per heavy atom. The Labute approximate surface area is 127 Å². The first-order valence-electron chi connectivity index (χ1n) is 7.74. The summed E-state index contributed by atoms with van der Waals surface area (Å²) in [5.74, 6) is -0.546. The van der Waals surface area contributed by atoms with E-state index in [1.54, 1.807) is 0 Å². The molecule has 2 saturated heterocycles. The van der Waals surface area contributed by atoms with Gasteiger partial charge in [0.1, 0.15) is 4.93 Å². The maximum absolute atomic E-state index is 6.49. The van der Waals surface area contributed by atoms with Gasteiger partial charge in [-0.15, -0.1) is 11.8 Å². The van der Waals surface area contributed by atoms with Crippen LogP contribution in [0.1, 0.15) is 55.4 Å². The van der Waals surface area contributed by atoms with Gasteiger partial charge in [-0.3, -0.25) is 0 Å². The van der Waals surface area contributed by atoms with Crippen LogP contribution in [0.25, 0.3) is 0 Å². The van der Waals surface area contributed by atoms with Crippen LogP contribution < -0.4 is 0 Å². The van der Waals surface area contributed by atoms with Gasteiger partial charge >= 0.3 is 0 Å². The first-order chi connectivity index (χ1) is 9.02. The minimum absolute atomic E-state index is 0.132. The molecule has 3 aliphatic rings. The summed E-state index contributed by atoms with van der Waals surface area (Å²) in [4.78, 5) is -0.234. The van der Waals surface area contributed by atoms with Crippen molar-refractivity contribution >= 4 is 11.8 Å². The molecule has 3 rings (SSSR count). The first kappa shape index (κ1) is 15.1. The van der Waals surface area contributed by atoms with Crippen molar-refractivity contribution in [1.29, 1.82) is 0 Å². The molecule has 20 heavy (non-hydrogen) atoms. The van der Waals surface area contributed by atoms with Crippen LogP contribution >= 0.6 is 11.8 Å². The van der Waals surface area contributed by atoms with Crippen molar-refractivity contribution in [3.8, 4) is 0 Å². The second-order valence-electron chi connectivity index (χ2n) is 7.78. The molecule has 0 unspecified atom stereocenters. The number of rotatable bonds is 0. The molecule has 0 amide bonds. The molecule has 0 aromatic rings. The van der Waals surface area contributed by atoms with Crippen molar-refractivity contribution in [3.05, 3.63) is 0 Å². The molecule has 0 aromatic carbocycles. The highest BCUT2D eigenvalue weighted by molar-refractivity contribution is 8.01. The summed E-state index contributed by atoms with van der Waals surface area (Å²) in [7, 11) is 0. The smallest absolute Gasteiger partial charge is 0.186 e. The highest BCUT2D eigenvalue weighted by Gasteiger charge is 2.87. The monoisotopic (exact) mass is 300 g/mol. The molecule has 2 aliphatic heterocycles. The van der Waals surface area contributed by atoms with Crippen LogP contribution in [0.2, 0.25) is 0 Å². The minimum atomic E-state index is -0.546. The minimum Gasteiger partial charge on any atom is -0.359 e. The summed E-state index contributed by atoms with van der Waals surface area (Å²) in [5.41, 5.74) is -0.349. The van der Waals surface area contributed by atoms with Crippen molar-refractivity contribution in [3.63, 3.8) is 0 Å². The Kier molecular flexibility index (Phi) is 2.99. The van der Waals surface area contributed by atoms with Crippen LogP contribution in [0, 0.1) is 10.8 Å². The zero-order valence-electron chi connectivity index (χ0n) is 13.9. The highest BCUT2D eigenvalue weighted by Crippen LogP contribution is 2.79. The Balaban J connectivity index is 2.03. The predicted molar refractivity (Wildman–Crippen MR) is 81.7 cm³/mol. The van der Waals surface area contributed by atoms with Gasteiger partial charge in [-0.05, 0) is 20.8 Å². The van der Waals surface area contributed by atoms with Gasteiger partial charge in [-0.25, -0.2) is 0 Å². The summed E-state index contributed by atoms with van der Waals surface area (Å²) in [5, 5.41) is 0.502. The Morgan fingerprint density at radius 3 is 1.50 bits per heavy atom. The SMILES string of the molecule is C[C@@H]1OC2(S[C@H]1C)C(C)(C)C1(O[C@H](C)[C@@H](C)O1)C2(C)C. The molecule has 116 valence electrons. The van der Waals surface area contributed by atoms with E-state index in [9.17, 15) is 0 Å². The molecule has 3 nitrogen and oxygen atoms in total. The van der Waals surface area contributed by atoms with Crippen LogP contribution in [0.4, 0.5) is 0 Å². The fourth-order valence-corrected chi connectivity index (χ4v) is 6.43. The summed E-state index contributed by atoms with van der Waals surface area (Å²) < 4.78 is 19.2. The van der Waals surface area contributed by atoms with E-state index < -0.39 is 5.79 Å². The van der Waals surface area contributed by atoms with Crippen LogP contribution in [0.5, 0.6) is 0 Å². The van der Waals surface area contributed by atoms with Crippen molar-refractivity contribution in [2.24, 2.45) is 10.8 Å². The van der Waals surface area contributed by atoms with E-state index in [0.29, 0.717) is 5.25 Å². The van der Waals surface area contributed by atoms with Crippen molar-refractivity contribution in [1.82, 2.24) is 0 Å². The van der Waals surface area contributed by atoms with Crippen LogP contribution in [-0.2, 0) is 14.2 Å². The lowest BCUT2D eigenvalue weighted by Crippen LogP contribution is -2.83. The maximum Gasteiger partial charge on any atom is 0.186 e. The zero-order valence-corrected chi connectivity index (χ0v) is 14.8. The molecular formula is C16H28O3S. The molecule has 0 bridgehead atoms. The quantitative estimate of drug-likeness (QED) is 0.680. The van der Waals surface area contributed by atoms with Crippen molar-refractivity contribution < 1.29 is 14.2 Å². The van der Waals surface area contributed by atoms with E-state index in [0.717, 1.165) is 0 Å². The van der Waals surface area contributed by atoms with Gasteiger partial charge in [0.2, 0.25) is 0 Å². The van der Waals surface area contributed by atoms with E-state index in [-0.39, 0.29) is 34.1 Å². The molecule has 0 radical (unpaired) electrons. The van der Waals surface area contributed by atoms with Crippen molar-refractivity contribution in [2.75, 3.05) is 0 Å². The lowest BCUT2D eigenvalue weighted by molar-refractivity contribution is -0.434. The van der Waals surface area contributed by atoms with E-state index in [4.69, 9.17) is 14.2 Å². The first-order valence-corrected chi connectivity index (χ1v) is 8.62. The molecule has 0 aromatic heterocycles. The van der Waals surface area contributed by atoms with Crippen molar-refractivity contribution in [2.45, 2.75) is 89.7 Å². The normalized spacial score (nSPS) is 46.8. The Morgan fingerprint density at radius 2 is 1.15 bits per heavy atom. The second kappa shape index (κ2) is 3.95. The lowest BCUT2D eigenvalue weighted by Gasteiger charge is -2.73. The predicted octanol–water partition coefficient (Wildman–Crippen LogP) is 3.81. The van der Waals surface area contributed by atoms with Gasteiger partial charge in [0.05, 0.1) is 29.1 Å². The van der Waals surface area contributed by atoms with E-state index in [1.807, 2.05) is 11.8 Å². The van der Waals surface area contributed by atoms with Gasteiger partial charge in [-0.2, -0.15) is 0 Å². The van der Waals surface area contributed by atoms with E-state index in [1.165, 1.54) is 0 Å². The molecule has 4 atom stereocenters. The summed E-state index contributed by atoms with van der Waals surface area (Å²) >= 11 is 1.96. The molecule has 3 fully saturated rings. The molecule has 2 heterocycles. The summed E-state index contributed by atoms with van der Waals surface area (Å²) in [6, 6.07) is 0. The third-order valence-electron chi connectivity index (χ3n) is 6.02. The zero-order chi connectivity index (χ0) is 15.1. The second-order valence-corrected chi connectivity index (χ2v) is 9.33. The van der Waals surface area contributed by atoms with Gasteiger partial charge in [0, 0.05) is 5.25 Å². The number of thioether (sulfide) groups is 1. The number of hydrogen-bond acceptors (Lipinski definition) is 4. The number of ether oxygens (including phenoxy) is 3. The summed E-state index contributed by atoms with van der Waals surface area (Å²) in [6.07, 6.45) is 0.534. The lowest BCUT2D eigenvalue weighted by atomic mass is 9.47. The molecule has 1 saturated carbocycles. The standard InChI is InChI=1S/C16H28O3S/c1-9-10(2)18-15(17-9)13(5,6)16(14(15,7)8)19-11(3)12(4)20-16/h9-12H,1-8H3/t9-,10-,11+,12+/m1/s1. The van der Waals surface area contributed by atoms with Gasteiger partial charge in [-0.1, -0.05) is 34.6 Å². The third kappa shape index (κ3) is 1.31. The fourth-order valence-electron chi connectivity index (χ4n) is 4.60. The molecule has 2 spiro atoms. The van der Waals surface area contributed by atoms with Gasteiger partial charge in [0.25, 0.3) is 0 Å². The van der Waals surface area contributed by atoms with Gasteiger partial charge in [0.15, 0.2) is 5.79 Å². The third-order valence-corrected chi connectivity index (χ3v) is 8.22. The van der Waals surface area contributed by atoms with E-state index in [2.05, 4.69) is 55.4 Å². The Bertz CT molecular complexity index is 355. The molecular weight excluding hydrogens is 272 g/mol. The van der Waals surface area contributed by atoms with Crippen LogP contribution in [-0.4, -0.2) is 34.3 Å². The molecule has 0 N–H and O–H groups in total.